The van der Waals surface area contributed by atoms with Crippen LogP contribution >= 0.6 is 24.0 Å². The van der Waals surface area contributed by atoms with Crippen LogP contribution in [0.25, 0.3) is 0 Å². The second-order valence-corrected chi connectivity index (χ2v) is 6.02. The molecule has 140 valence electrons. The molecule has 1 saturated carbocycles. The lowest BCUT2D eigenvalue weighted by atomic mass is 10.3. The van der Waals surface area contributed by atoms with Gasteiger partial charge in [0.25, 0.3) is 0 Å². The molecule has 0 bridgehead atoms. The largest absolute Gasteiger partial charge is 0.450 e. The van der Waals surface area contributed by atoms with Gasteiger partial charge in [0.15, 0.2) is 5.96 Å². The molecule has 0 aromatic rings. The zero-order valence-electron chi connectivity index (χ0n) is 14.8. The smallest absolute Gasteiger partial charge is 0.409 e. The summed E-state index contributed by atoms with van der Waals surface area (Å²) in [6.07, 6.45) is 3.43. The fourth-order valence-electron chi connectivity index (χ4n) is 2.56. The van der Waals surface area contributed by atoms with Crippen molar-refractivity contribution < 1.29 is 14.3 Å². The van der Waals surface area contributed by atoms with Crippen LogP contribution in [0.4, 0.5) is 4.79 Å². The number of guanidine groups is 1. The van der Waals surface area contributed by atoms with E-state index in [0.717, 1.165) is 51.1 Å². The van der Waals surface area contributed by atoms with Gasteiger partial charge in [0.2, 0.25) is 0 Å². The Balaban J connectivity index is 0.00000288. The zero-order chi connectivity index (χ0) is 16.5. The number of nitrogens with one attached hydrogen (secondary N) is 1. The van der Waals surface area contributed by atoms with Gasteiger partial charge in [-0.25, -0.2) is 4.79 Å². The Labute approximate surface area is 162 Å². The predicted octanol–water partition coefficient (Wildman–Crippen LogP) is 1.77. The molecule has 1 aliphatic heterocycles. The number of carbonyl (C=O) groups is 1. The van der Waals surface area contributed by atoms with Crippen molar-refractivity contribution in [2.45, 2.75) is 26.2 Å². The Morgan fingerprint density at radius 2 is 1.88 bits per heavy atom. The molecule has 0 aromatic heterocycles. The van der Waals surface area contributed by atoms with Gasteiger partial charge in [0.05, 0.1) is 6.61 Å². The SMILES string of the molecule is CCOC(=O)N1CCN(C(=NC)NCCCOCC2CC2)CC1.I. The van der Waals surface area contributed by atoms with Crippen LogP contribution < -0.4 is 5.32 Å². The standard InChI is InChI=1S/C16H30N4O3.HI/c1-3-23-16(21)20-10-8-19(9-11-20)15(17-2)18-7-4-12-22-13-14-5-6-14;/h14H,3-13H2,1-2H3,(H,17,18);1H. The highest BCUT2D eigenvalue weighted by atomic mass is 127. The van der Waals surface area contributed by atoms with Crippen molar-refractivity contribution in [2.24, 2.45) is 10.9 Å². The molecule has 2 rings (SSSR count). The number of halogens is 1. The number of piperazine rings is 1. The van der Waals surface area contributed by atoms with E-state index in [9.17, 15) is 4.79 Å². The van der Waals surface area contributed by atoms with Gasteiger partial charge in [-0.15, -0.1) is 24.0 Å². The molecule has 2 fully saturated rings. The van der Waals surface area contributed by atoms with Gasteiger partial charge in [-0.05, 0) is 32.1 Å². The van der Waals surface area contributed by atoms with Crippen molar-refractivity contribution in [3.63, 3.8) is 0 Å². The first-order valence-corrected chi connectivity index (χ1v) is 8.69. The summed E-state index contributed by atoms with van der Waals surface area (Å²) in [4.78, 5) is 20.0. The first kappa shape index (κ1) is 21.3. The maximum Gasteiger partial charge on any atom is 0.409 e. The number of ether oxygens (including phenoxy) is 2. The van der Waals surface area contributed by atoms with Gasteiger partial charge in [-0.1, -0.05) is 0 Å². The number of aliphatic imine (C=N–C) groups is 1. The second kappa shape index (κ2) is 11.7. The number of nitrogens with zero attached hydrogens (tertiary/aromatic N) is 3. The van der Waals surface area contributed by atoms with Crippen LogP contribution in [0.5, 0.6) is 0 Å². The third-order valence-corrected chi connectivity index (χ3v) is 4.12. The fraction of sp³-hybridized carbons (Fsp3) is 0.875. The first-order chi connectivity index (χ1) is 11.2. The number of carbonyl (C=O) groups excluding carboxylic acids is 1. The molecule has 0 spiro atoms. The predicted molar refractivity (Wildman–Crippen MR) is 105 cm³/mol. The van der Waals surface area contributed by atoms with Crippen molar-refractivity contribution in [3.8, 4) is 0 Å². The lowest BCUT2D eigenvalue weighted by Crippen LogP contribution is -2.54. The van der Waals surface area contributed by atoms with Gasteiger partial charge < -0.3 is 24.6 Å². The van der Waals surface area contributed by atoms with Crippen LogP contribution in [0.2, 0.25) is 0 Å². The third-order valence-electron chi connectivity index (χ3n) is 4.12. The second-order valence-electron chi connectivity index (χ2n) is 6.02. The lowest BCUT2D eigenvalue weighted by molar-refractivity contribution is 0.0913. The van der Waals surface area contributed by atoms with E-state index in [1.165, 1.54) is 12.8 Å². The van der Waals surface area contributed by atoms with Crippen molar-refractivity contribution in [3.05, 3.63) is 0 Å². The van der Waals surface area contributed by atoms with Crippen LogP contribution in [0.1, 0.15) is 26.2 Å². The first-order valence-electron chi connectivity index (χ1n) is 8.69. The van der Waals surface area contributed by atoms with E-state index in [2.05, 4.69) is 15.2 Å². The summed E-state index contributed by atoms with van der Waals surface area (Å²) in [6, 6.07) is 0. The summed E-state index contributed by atoms with van der Waals surface area (Å²) in [5.74, 6) is 1.72. The van der Waals surface area contributed by atoms with Crippen molar-refractivity contribution in [2.75, 3.05) is 59.6 Å². The average molecular weight is 454 g/mol. The minimum Gasteiger partial charge on any atom is -0.450 e. The highest BCUT2D eigenvalue weighted by Crippen LogP contribution is 2.28. The van der Waals surface area contributed by atoms with E-state index in [1.54, 1.807) is 11.9 Å². The molecule has 1 amide bonds. The summed E-state index contributed by atoms with van der Waals surface area (Å²) in [5, 5.41) is 3.37. The maximum absolute atomic E-state index is 11.7. The Kier molecular flexibility index (Phi) is 10.4. The van der Waals surface area contributed by atoms with Crippen LogP contribution in [-0.4, -0.2) is 81.4 Å². The molecule has 0 aromatic carbocycles. The van der Waals surface area contributed by atoms with E-state index < -0.39 is 0 Å². The van der Waals surface area contributed by atoms with E-state index in [0.29, 0.717) is 19.7 Å². The summed E-state index contributed by atoms with van der Waals surface area (Å²) in [6.45, 7) is 7.72. The van der Waals surface area contributed by atoms with E-state index in [1.807, 2.05) is 6.92 Å². The van der Waals surface area contributed by atoms with E-state index >= 15 is 0 Å². The number of hydrogen-bond acceptors (Lipinski definition) is 4. The topological polar surface area (TPSA) is 66.4 Å². The Bertz CT molecular complexity index is 397. The van der Waals surface area contributed by atoms with Crippen molar-refractivity contribution in [1.29, 1.82) is 0 Å². The van der Waals surface area contributed by atoms with Gasteiger partial charge in [-0.3, -0.25) is 4.99 Å². The minimum atomic E-state index is -0.220. The Morgan fingerprint density at radius 1 is 1.21 bits per heavy atom. The zero-order valence-corrected chi connectivity index (χ0v) is 17.2. The molecule has 0 unspecified atom stereocenters. The van der Waals surface area contributed by atoms with Crippen LogP contribution in [0.15, 0.2) is 4.99 Å². The quantitative estimate of drug-likeness (QED) is 0.275. The summed E-state index contributed by atoms with van der Waals surface area (Å²) < 4.78 is 10.7. The molecule has 1 N–H and O–H groups in total. The molecule has 1 saturated heterocycles. The molecule has 7 nitrogen and oxygen atoms in total. The van der Waals surface area contributed by atoms with Gasteiger partial charge >= 0.3 is 6.09 Å². The highest BCUT2D eigenvalue weighted by molar-refractivity contribution is 14.0. The molecular weight excluding hydrogens is 423 g/mol. The van der Waals surface area contributed by atoms with E-state index in [-0.39, 0.29) is 30.1 Å². The molecule has 1 heterocycles. The van der Waals surface area contributed by atoms with Crippen LogP contribution in [0.3, 0.4) is 0 Å². The number of amides is 1. The van der Waals surface area contributed by atoms with Crippen LogP contribution in [-0.2, 0) is 9.47 Å². The van der Waals surface area contributed by atoms with Crippen molar-refractivity contribution in [1.82, 2.24) is 15.1 Å². The maximum atomic E-state index is 11.7. The summed E-state index contributed by atoms with van der Waals surface area (Å²) in [5.41, 5.74) is 0. The van der Waals surface area contributed by atoms with Gasteiger partial charge in [-0.2, -0.15) is 0 Å². The Morgan fingerprint density at radius 3 is 2.46 bits per heavy atom. The van der Waals surface area contributed by atoms with Gasteiger partial charge in [0, 0.05) is 53.0 Å². The molecule has 0 atom stereocenters. The lowest BCUT2D eigenvalue weighted by Gasteiger charge is -2.35. The number of rotatable bonds is 7. The molecule has 2 aliphatic rings. The molecule has 24 heavy (non-hydrogen) atoms. The summed E-state index contributed by atoms with van der Waals surface area (Å²) >= 11 is 0. The monoisotopic (exact) mass is 454 g/mol. The van der Waals surface area contributed by atoms with Gasteiger partial charge in [0.1, 0.15) is 0 Å². The van der Waals surface area contributed by atoms with Crippen molar-refractivity contribution >= 4 is 36.0 Å². The molecular formula is C16H31IN4O3. The molecule has 1 aliphatic carbocycles. The van der Waals surface area contributed by atoms with E-state index in [4.69, 9.17) is 9.47 Å². The highest BCUT2D eigenvalue weighted by Gasteiger charge is 2.23. The average Bonchev–Trinajstić information content (AvgIpc) is 3.39. The normalized spacial score (nSPS) is 18.2. The minimum absolute atomic E-state index is 0. The third kappa shape index (κ3) is 7.42. The fourth-order valence-corrected chi connectivity index (χ4v) is 2.56. The summed E-state index contributed by atoms with van der Waals surface area (Å²) in [7, 11) is 1.80. The Hall–Kier alpha value is -0.770. The molecule has 8 heteroatoms. The molecule has 0 radical (unpaired) electrons. The number of hydrogen-bond donors (Lipinski definition) is 1. The van der Waals surface area contributed by atoms with Crippen LogP contribution in [0, 0.1) is 5.92 Å².